The Hall–Kier alpha value is -2.08. The minimum Gasteiger partial charge on any atom is -0.366 e. The standard InChI is InChI=1S/C24H31N3OS/c1-4-26(5-2)18(3)19-6-8-20(9-7-19)21-10-12-23(13-11-21)29-27-16-14-22(15-17-27)24(25)28/h6-14,18H,4-5,15-17H2,1-3H3,(H2,25,28). The van der Waals surface area contributed by atoms with Gasteiger partial charge in [-0.25, -0.2) is 4.31 Å². The number of carbonyl (C=O) groups is 1. The van der Waals surface area contributed by atoms with Crippen LogP contribution in [0.5, 0.6) is 0 Å². The summed E-state index contributed by atoms with van der Waals surface area (Å²) < 4.78 is 2.25. The van der Waals surface area contributed by atoms with Crippen LogP contribution in [-0.2, 0) is 4.79 Å². The van der Waals surface area contributed by atoms with E-state index in [2.05, 4.69) is 78.5 Å². The van der Waals surface area contributed by atoms with Gasteiger partial charge in [0.25, 0.3) is 0 Å². The van der Waals surface area contributed by atoms with Crippen LogP contribution in [0.3, 0.4) is 0 Å². The zero-order valence-electron chi connectivity index (χ0n) is 17.6. The summed E-state index contributed by atoms with van der Waals surface area (Å²) >= 11 is 1.73. The van der Waals surface area contributed by atoms with E-state index in [0.717, 1.165) is 38.2 Å². The topological polar surface area (TPSA) is 49.6 Å². The van der Waals surface area contributed by atoms with Crippen LogP contribution >= 0.6 is 11.9 Å². The van der Waals surface area contributed by atoms with Crippen LogP contribution in [0.1, 0.15) is 38.8 Å². The molecule has 0 fully saturated rings. The second-order valence-electron chi connectivity index (χ2n) is 7.37. The van der Waals surface area contributed by atoms with E-state index in [1.807, 2.05) is 6.08 Å². The SMILES string of the molecule is CCN(CC)C(C)c1ccc(-c2ccc(SN3CC=C(C(N)=O)CC3)cc2)cc1. The van der Waals surface area contributed by atoms with Crippen molar-refractivity contribution in [2.24, 2.45) is 5.73 Å². The molecule has 1 heterocycles. The predicted octanol–water partition coefficient (Wildman–Crippen LogP) is 4.88. The van der Waals surface area contributed by atoms with Crippen LogP contribution < -0.4 is 5.73 Å². The molecule has 0 aliphatic carbocycles. The quantitative estimate of drug-likeness (QED) is 0.631. The van der Waals surface area contributed by atoms with Crippen LogP contribution in [-0.4, -0.2) is 41.3 Å². The van der Waals surface area contributed by atoms with Gasteiger partial charge in [-0.05, 0) is 67.2 Å². The van der Waals surface area contributed by atoms with Crippen molar-refractivity contribution in [3.8, 4) is 11.1 Å². The summed E-state index contributed by atoms with van der Waals surface area (Å²) in [5, 5.41) is 0. The van der Waals surface area contributed by atoms with Crippen molar-refractivity contribution >= 4 is 17.9 Å². The first-order valence-electron chi connectivity index (χ1n) is 10.4. The molecule has 0 saturated carbocycles. The van der Waals surface area contributed by atoms with Gasteiger partial charge in [-0.3, -0.25) is 9.69 Å². The zero-order valence-corrected chi connectivity index (χ0v) is 18.4. The summed E-state index contributed by atoms with van der Waals surface area (Å²) in [6.45, 7) is 10.4. The number of nitrogens with zero attached hydrogens (tertiary/aromatic N) is 2. The maximum absolute atomic E-state index is 11.2. The Balaban J connectivity index is 1.62. The summed E-state index contributed by atoms with van der Waals surface area (Å²) in [5.74, 6) is -0.295. The summed E-state index contributed by atoms with van der Waals surface area (Å²) in [5.41, 5.74) is 9.93. The molecule has 1 amide bonds. The summed E-state index contributed by atoms with van der Waals surface area (Å²) in [6.07, 6.45) is 2.66. The van der Waals surface area contributed by atoms with Gasteiger partial charge in [0, 0.05) is 29.6 Å². The number of benzene rings is 2. The van der Waals surface area contributed by atoms with Crippen LogP contribution in [0.15, 0.2) is 65.1 Å². The Morgan fingerprint density at radius 1 is 1.07 bits per heavy atom. The van der Waals surface area contributed by atoms with E-state index in [0.29, 0.717) is 6.04 Å². The molecule has 2 N–H and O–H groups in total. The van der Waals surface area contributed by atoms with Gasteiger partial charge in [-0.15, -0.1) is 0 Å². The number of carbonyl (C=O) groups excluding carboxylic acids is 1. The second-order valence-corrected chi connectivity index (χ2v) is 8.54. The van der Waals surface area contributed by atoms with Gasteiger partial charge in [0.05, 0.1) is 0 Å². The molecule has 1 atom stereocenters. The van der Waals surface area contributed by atoms with Gasteiger partial charge in [0.1, 0.15) is 0 Å². The molecule has 0 aromatic heterocycles. The van der Waals surface area contributed by atoms with Gasteiger partial charge in [0.2, 0.25) is 5.91 Å². The molecular weight excluding hydrogens is 378 g/mol. The van der Waals surface area contributed by atoms with Crippen LogP contribution in [0.4, 0.5) is 0 Å². The number of rotatable bonds is 8. The van der Waals surface area contributed by atoms with Gasteiger partial charge < -0.3 is 5.73 Å². The Bertz CT molecular complexity index is 841. The molecule has 2 aromatic rings. The highest BCUT2D eigenvalue weighted by Gasteiger charge is 2.16. The molecule has 4 nitrogen and oxygen atoms in total. The summed E-state index contributed by atoms with van der Waals surface area (Å²) in [6, 6.07) is 18.1. The average Bonchev–Trinajstić information content (AvgIpc) is 2.75. The lowest BCUT2D eigenvalue weighted by Gasteiger charge is -2.26. The van der Waals surface area contributed by atoms with E-state index in [1.165, 1.54) is 21.6 Å². The van der Waals surface area contributed by atoms with E-state index in [4.69, 9.17) is 5.73 Å². The summed E-state index contributed by atoms with van der Waals surface area (Å²) in [4.78, 5) is 14.9. The van der Waals surface area contributed by atoms with E-state index in [1.54, 1.807) is 11.9 Å². The molecule has 0 bridgehead atoms. The fourth-order valence-corrected chi connectivity index (χ4v) is 4.64. The zero-order chi connectivity index (χ0) is 20.8. The maximum Gasteiger partial charge on any atom is 0.244 e. The monoisotopic (exact) mass is 409 g/mol. The number of hydrogen-bond donors (Lipinski definition) is 1. The van der Waals surface area contributed by atoms with Crippen LogP contribution in [0, 0.1) is 0 Å². The van der Waals surface area contributed by atoms with Crippen molar-refractivity contribution < 1.29 is 4.79 Å². The molecule has 0 spiro atoms. The van der Waals surface area contributed by atoms with Crippen molar-refractivity contribution in [3.63, 3.8) is 0 Å². The average molecular weight is 410 g/mol. The van der Waals surface area contributed by atoms with Crippen LogP contribution in [0.2, 0.25) is 0 Å². The summed E-state index contributed by atoms with van der Waals surface area (Å²) in [7, 11) is 0. The van der Waals surface area contributed by atoms with Gasteiger partial charge in [-0.1, -0.05) is 56.3 Å². The van der Waals surface area contributed by atoms with Crippen molar-refractivity contribution in [3.05, 3.63) is 65.7 Å². The molecule has 1 unspecified atom stereocenters. The first kappa shape index (κ1) is 21.6. The minimum absolute atomic E-state index is 0.295. The number of amides is 1. The van der Waals surface area contributed by atoms with Crippen molar-refractivity contribution in [2.75, 3.05) is 26.2 Å². The highest BCUT2D eigenvalue weighted by Crippen LogP contribution is 2.29. The second kappa shape index (κ2) is 10.1. The van der Waals surface area contributed by atoms with Crippen LogP contribution in [0.25, 0.3) is 11.1 Å². The fourth-order valence-electron chi connectivity index (χ4n) is 3.75. The molecule has 0 radical (unpaired) electrons. The fraction of sp³-hybridized carbons (Fsp3) is 0.375. The lowest BCUT2D eigenvalue weighted by atomic mass is 10.0. The van der Waals surface area contributed by atoms with E-state index in [-0.39, 0.29) is 5.91 Å². The molecular formula is C24H31N3OS. The highest BCUT2D eigenvalue weighted by molar-refractivity contribution is 7.97. The van der Waals surface area contributed by atoms with Crippen molar-refractivity contribution in [1.29, 1.82) is 0 Å². The minimum atomic E-state index is -0.295. The third-order valence-corrected chi connectivity index (χ3v) is 6.74. The smallest absolute Gasteiger partial charge is 0.244 e. The van der Waals surface area contributed by atoms with Gasteiger partial charge in [0.15, 0.2) is 0 Å². The van der Waals surface area contributed by atoms with Crippen molar-refractivity contribution in [1.82, 2.24) is 9.21 Å². The number of primary amides is 1. The number of hydrogen-bond acceptors (Lipinski definition) is 4. The molecule has 0 saturated heterocycles. The third kappa shape index (κ3) is 5.50. The van der Waals surface area contributed by atoms with E-state index >= 15 is 0 Å². The van der Waals surface area contributed by atoms with Gasteiger partial charge >= 0.3 is 0 Å². The molecule has 1 aliphatic rings. The molecule has 154 valence electrons. The Morgan fingerprint density at radius 3 is 2.14 bits per heavy atom. The maximum atomic E-state index is 11.2. The molecule has 29 heavy (non-hydrogen) atoms. The normalized spacial score (nSPS) is 15.9. The third-order valence-electron chi connectivity index (χ3n) is 5.66. The Morgan fingerprint density at radius 2 is 1.66 bits per heavy atom. The van der Waals surface area contributed by atoms with Gasteiger partial charge in [-0.2, -0.15) is 0 Å². The lowest BCUT2D eigenvalue weighted by molar-refractivity contribution is -0.114. The molecule has 3 rings (SSSR count). The molecule has 2 aromatic carbocycles. The highest BCUT2D eigenvalue weighted by atomic mass is 32.2. The molecule has 5 heteroatoms. The van der Waals surface area contributed by atoms with Crippen molar-refractivity contribution in [2.45, 2.75) is 38.1 Å². The van der Waals surface area contributed by atoms with E-state index in [9.17, 15) is 4.79 Å². The molecule has 1 aliphatic heterocycles. The van der Waals surface area contributed by atoms with E-state index < -0.39 is 0 Å². The Labute approximate surface area is 178 Å². The predicted molar refractivity (Wildman–Crippen MR) is 123 cm³/mol. The Kier molecular flexibility index (Phi) is 7.53. The number of nitrogens with two attached hydrogens (primary N) is 1. The first-order valence-corrected chi connectivity index (χ1v) is 11.1. The first-order chi connectivity index (χ1) is 14.0. The largest absolute Gasteiger partial charge is 0.366 e. The lowest BCUT2D eigenvalue weighted by Crippen LogP contribution is -2.27.